The highest BCUT2D eigenvalue weighted by molar-refractivity contribution is 8.00. The van der Waals surface area contributed by atoms with Crippen LogP contribution in [0.3, 0.4) is 0 Å². The van der Waals surface area contributed by atoms with Gasteiger partial charge in [-0.2, -0.15) is 0 Å². The van der Waals surface area contributed by atoms with Gasteiger partial charge >= 0.3 is 0 Å². The van der Waals surface area contributed by atoms with E-state index in [0.717, 1.165) is 22.8 Å². The fourth-order valence-corrected chi connectivity index (χ4v) is 4.21. The van der Waals surface area contributed by atoms with E-state index < -0.39 is 5.25 Å². The van der Waals surface area contributed by atoms with E-state index >= 15 is 0 Å². The van der Waals surface area contributed by atoms with E-state index in [9.17, 15) is 4.79 Å². The van der Waals surface area contributed by atoms with Crippen molar-refractivity contribution < 1.29 is 9.53 Å². The first-order chi connectivity index (χ1) is 13.7. The molecule has 0 spiro atoms. The maximum atomic E-state index is 13.1. The monoisotopic (exact) mass is 395 g/mol. The van der Waals surface area contributed by atoms with Crippen LogP contribution < -0.4 is 15.5 Å². The Labute approximate surface area is 167 Å². The predicted octanol–water partition coefficient (Wildman–Crippen LogP) is 3.38. The van der Waals surface area contributed by atoms with E-state index in [2.05, 4.69) is 20.9 Å². The quantitative estimate of drug-likeness (QED) is 0.689. The van der Waals surface area contributed by atoms with Gasteiger partial charge in [-0.25, -0.2) is 4.68 Å². The van der Waals surface area contributed by atoms with Gasteiger partial charge in [-0.3, -0.25) is 4.79 Å². The Morgan fingerprint density at radius 1 is 1.18 bits per heavy atom. The molecule has 4 rings (SSSR count). The zero-order valence-electron chi connectivity index (χ0n) is 15.6. The lowest BCUT2D eigenvalue weighted by Crippen LogP contribution is -2.41. The molecule has 2 aromatic carbocycles. The molecule has 2 heterocycles. The number of thioether (sulfide) groups is 1. The fourth-order valence-electron chi connectivity index (χ4n) is 3.09. The Kier molecular flexibility index (Phi) is 5.21. The van der Waals surface area contributed by atoms with Crippen molar-refractivity contribution >= 4 is 23.4 Å². The van der Waals surface area contributed by atoms with Gasteiger partial charge in [0.25, 0.3) is 0 Å². The molecule has 8 heteroatoms. The van der Waals surface area contributed by atoms with Gasteiger partial charge in [0, 0.05) is 5.69 Å². The molecule has 3 aromatic rings. The maximum absolute atomic E-state index is 13.1. The van der Waals surface area contributed by atoms with Gasteiger partial charge in [0.05, 0.1) is 12.6 Å². The third-order valence-corrected chi connectivity index (χ3v) is 5.66. The number of hydrogen-bond acceptors (Lipinski definition) is 6. The van der Waals surface area contributed by atoms with E-state index in [0.29, 0.717) is 11.8 Å². The van der Waals surface area contributed by atoms with Gasteiger partial charge in [-0.05, 0) is 43.7 Å². The van der Waals surface area contributed by atoms with Crippen LogP contribution in [-0.2, 0) is 4.79 Å². The Bertz CT molecular complexity index is 958. The van der Waals surface area contributed by atoms with Crippen molar-refractivity contribution in [2.24, 2.45) is 0 Å². The summed E-state index contributed by atoms with van der Waals surface area (Å²) < 4.78 is 7.29. The Hall–Kier alpha value is -3.00. The van der Waals surface area contributed by atoms with Crippen LogP contribution in [0.15, 0.2) is 59.8 Å². The molecule has 28 heavy (non-hydrogen) atoms. The summed E-state index contributed by atoms with van der Waals surface area (Å²) in [5.41, 5.74) is 5.15. The second-order valence-electron chi connectivity index (χ2n) is 6.37. The zero-order valence-corrected chi connectivity index (χ0v) is 16.4. The third kappa shape index (κ3) is 3.68. The minimum atomic E-state index is -0.398. The van der Waals surface area contributed by atoms with Gasteiger partial charge in [0.15, 0.2) is 0 Å². The van der Waals surface area contributed by atoms with Crippen LogP contribution in [0.5, 0.6) is 5.75 Å². The lowest BCUT2D eigenvalue weighted by Gasteiger charge is -2.32. The summed E-state index contributed by atoms with van der Waals surface area (Å²) in [5.74, 6) is 1.44. The molecule has 2 N–H and O–H groups in total. The average Bonchev–Trinajstić information content (AvgIpc) is 3.09. The first kappa shape index (κ1) is 18.4. The van der Waals surface area contributed by atoms with Crippen LogP contribution in [0.25, 0.3) is 0 Å². The zero-order chi connectivity index (χ0) is 19.5. The van der Waals surface area contributed by atoms with Gasteiger partial charge < -0.3 is 15.5 Å². The molecule has 0 aliphatic carbocycles. The molecule has 0 unspecified atom stereocenters. The molecular formula is C20H21N5O2S. The number of fused-ring (bicyclic) bond motifs is 1. The van der Waals surface area contributed by atoms with Crippen LogP contribution in [-0.4, -0.2) is 32.6 Å². The fraction of sp³-hybridized carbons (Fsp3) is 0.250. The molecule has 0 saturated heterocycles. The largest absolute Gasteiger partial charge is 0.494 e. The Balaban J connectivity index is 1.58. The van der Waals surface area contributed by atoms with Gasteiger partial charge in [-0.1, -0.05) is 42.1 Å². The molecule has 1 aliphatic rings. The van der Waals surface area contributed by atoms with Crippen molar-refractivity contribution in [3.05, 3.63) is 66.0 Å². The molecule has 144 valence electrons. The highest BCUT2D eigenvalue weighted by Gasteiger charge is 2.37. The van der Waals surface area contributed by atoms with Gasteiger partial charge in [-0.15, -0.1) is 10.2 Å². The van der Waals surface area contributed by atoms with Crippen LogP contribution in [0.4, 0.5) is 5.69 Å². The number of nitrogens with zero attached hydrogens (tertiary/aromatic N) is 3. The second-order valence-corrected chi connectivity index (χ2v) is 7.48. The van der Waals surface area contributed by atoms with E-state index in [4.69, 9.17) is 4.74 Å². The molecule has 0 fully saturated rings. The van der Waals surface area contributed by atoms with Crippen molar-refractivity contribution in [1.29, 1.82) is 0 Å². The summed E-state index contributed by atoms with van der Waals surface area (Å²) in [7, 11) is 0. The summed E-state index contributed by atoms with van der Waals surface area (Å²) in [6, 6.07) is 17.1. The minimum absolute atomic E-state index is 0.0950. The van der Waals surface area contributed by atoms with E-state index in [1.807, 2.05) is 73.1 Å². The second kappa shape index (κ2) is 7.93. The van der Waals surface area contributed by atoms with E-state index in [1.54, 1.807) is 0 Å². The number of nitrogens with one attached hydrogen (secondary N) is 2. The highest BCUT2D eigenvalue weighted by Crippen LogP contribution is 2.37. The van der Waals surface area contributed by atoms with E-state index in [-0.39, 0.29) is 11.9 Å². The SMILES string of the molecule is CCOc1ccc(NC(=O)[C@@H]2Sc3nnc(C)n3N[C@@H]2c2ccccc2)cc1. The lowest BCUT2D eigenvalue weighted by atomic mass is 10.0. The standard InChI is InChI=1S/C20H21N5O2S/c1-3-27-16-11-9-15(10-12-16)21-19(26)18-17(14-7-5-4-6-8-14)24-25-13(2)22-23-20(25)28-18/h4-12,17-18,24H,3H2,1-2H3,(H,21,26)/t17-,18-/m1/s1. The number of benzene rings is 2. The molecule has 0 radical (unpaired) electrons. The van der Waals surface area contributed by atoms with Gasteiger partial charge in [0.2, 0.25) is 11.1 Å². The first-order valence-electron chi connectivity index (χ1n) is 9.09. The van der Waals surface area contributed by atoms with Crippen molar-refractivity contribution in [3.63, 3.8) is 0 Å². The number of aromatic nitrogens is 3. The number of carbonyl (C=O) groups is 1. The van der Waals surface area contributed by atoms with Crippen LogP contribution in [0, 0.1) is 6.92 Å². The van der Waals surface area contributed by atoms with Crippen LogP contribution >= 0.6 is 11.8 Å². The van der Waals surface area contributed by atoms with E-state index in [1.165, 1.54) is 11.8 Å². The minimum Gasteiger partial charge on any atom is -0.494 e. The van der Waals surface area contributed by atoms with Crippen molar-refractivity contribution in [3.8, 4) is 5.75 Å². The molecule has 0 bridgehead atoms. The summed E-state index contributed by atoms with van der Waals surface area (Å²) in [6.07, 6.45) is 0. The topological polar surface area (TPSA) is 81.1 Å². The number of anilines is 1. The first-order valence-corrected chi connectivity index (χ1v) is 9.97. The van der Waals surface area contributed by atoms with Crippen molar-refractivity contribution in [1.82, 2.24) is 14.9 Å². The number of amides is 1. The maximum Gasteiger partial charge on any atom is 0.240 e. The summed E-state index contributed by atoms with van der Waals surface area (Å²) in [6.45, 7) is 4.43. The van der Waals surface area contributed by atoms with Crippen molar-refractivity contribution in [2.45, 2.75) is 30.3 Å². The number of carbonyl (C=O) groups excluding carboxylic acids is 1. The summed E-state index contributed by atoms with van der Waals surface area (Å²) in [4.78, 5) is 13.1. The average molecular weight is 395 g/mol. The smallest absolute Gasteiger partial charge is 0.240 e. The van der Waals surface area contributed by atoms with Crippen LogP contribution in [0.1, 0.15) is 24.4 Å². The lowest BCUT2D eigenvalue weighted by molar-refractivity contribution is -0.116. The molecule has 1 aliphatic heterocycles. The molecule has 7 nitrogen and oxygen atoms in total. The van der Waals surface area contributed by atoms with Crippen molar-refractivity contribution in [2.75, 3.05) is 17.3 Å². The summed E-state index contributed by atoms with van der Waals surface area (Å²) >= 11 is 1.41. The van der Waals surface area contributed by atoms with Crippen LogP contribution in [0.2, 0.25) is 0 Å². The molecule has 2 atom stereocenters. The van der Waals surface area contributed by atoms with Gasteiger partial charge in [0.1, 0.15) is 16.8 Å². The molecule has 1 aromatic heterocycles. The molecule has 0 saturated carbocycles. The number of rotatable bonds is 5. The Morgan fingerprint density at radius 3 is 2.64 bits per heavy atom. The summed E-state index contributed by atoms with van der Waals surface area (Å²) in [5, 5.41) is 11.6. The predicted molar refractivity (Wildman–Crippen MR) is 109 cm³/mol. The Morgan fingerprint density at radius 2 is 1.93 bits per heavy atom. The molecular weight excluding hydrogens is 374 g/mol. The molecule has 1 amide bonds. The number of hydrogen-bond donors (Lipinski definition) is 2. The highest BCUT2D eigenvalue weighted by atomic mass is 32.2. The third-order valence-electron chi connectivity index (χ3n) is 4.45. The number of aryl methyl sites for hydroxylation is 1. The number of ether oxygens (including phenoxy) is 1. The normalized spacial score (nSPS) is 18.1.